The van der Waals surface area contributed by atoms with E-state index in [0.29, 0.717) is 5.75 Å². The van der Waals surface area contributed by atoms with E-state index in [0.717, 1.165) is 18.8 Å². The molecule has 0 fully saturated rings. The molecule has 0 amide bonds. The maximum absolute atomic E-state index is 11.1. The van der Waals surface area contributed by atoms with Crippen LogP contribution >= 0.6 is 0 Å². The van der Waals surface area contributed by atoms with Gasteiger partial charge in [0.2, 0.25) is 0 Å². The molecular weight excluding hydrogens is 210 g/mol. The molecule has 2 unspecified atom stereocenters. The Kier molecular flexibility index (Phi) is 4.98. The summed E-state index contributed by atoms with van der Waals surface area (Å²) in [5.74, 6) is 0.676. The molecule has 0 saturated carbocycles. The van der Waals surface area contributed by atoms with Gasteiger partial charge in [-0.15, -0.1) is 0 Å². The third kappa shape index (κ3) is 3.76. The Labute approximate surface area is 93.5 Å². The average molecular weight is 229 g/mol. The predicted molar refractivity (Wildman–Crippen MR) is 63.3 cm³/mol. The van der Waals surface area contributed by atoms with Crippen LogP contribution in [0.25, 0.3) is 0 Å². The lowest BCUT2D eigenvalue weighted by Crippen LogP contribution is -2.19. The normalized spacial score (nSPS) is 15.1. The summed E-state index contributed by atoms with van der Waals surface area (Å²) in [4.78, 5) is 4.13. The fourth-order valence-corrected chi connectivity index (χ4v) is 2.38. The molecule has 0 spiro atoms. The average Bonchev–Trinajstić information content (AvgIpc) is 2.61. The SMILES string of the molecule is CCNCc1cncn1C(C)CS(C)=O. The molecule has 0 aliphatic heterocycles. The van der Waals surface area contributed by atoms with E-state index >= 15 is 0 Å². The van der Waals surface area contributed by atoms with Gasteiger partial charge in [0, 0.05) is 41.6 Å². The van der Waals surface area contributed by atoms with Crippen LogP contribution in [-0.4, -0.2) is 32.3 Å². The van der Waals surface area contributed by atoms with E-state index in [2.05, 4.69) is 28.7 Å². The van der Waals surface area contributed by atoms with Crippen LogP contribution in [0.2, 0.25) is 0 Å². The number of aromatic nitrogens is 2. The fourth-order valence-electron chi connectivity index (χ4n) is 1.54. The molecule has 15 heavy (non-hydrogen) atoms. The van der Waals surface area contributed by atoms with E-state index in [1.165, 1.54) is 0 Å². The van der Waals surface area contributed by atoms with Gasteiger partial charge in [-0.2, -0.15) is 0 Å². The third-order valence-corrected chi connectivity index (χ3v) is 3.20. The van der Waals surface area contributed by atoms with Crippen molar-refractivity contribution in [3.8, 4) is 0 Å². The number of hydrogen-bond donors (Lipinski definition) is 1. The van der Waals surface area contributed by atoms with Crippen molar-refractivity contribution in [2.75, 3.05) is 18.6 Å². The highest BCUT2D eigenvalue weighted by Crippen LogP contribution is 2.10. The number of rotatable bonds is 6. The molecule has 0 bridgehead atoms. The number of hydrogen-bond acceptors (Lipinski definition) is 3. The van der Waals surface area contributed by atoms with Crippen molar-refractivity contribution in [3.05, 3.63) is 18.2 Å². The number of nitrogens with zero attached hydrogens (tertiary/aromatic N) is 2. The summed E-state index contributed by atoms with van der Waals surface area (Å²) in [7, 11) is -0.763. The lowest BCUT2D eigenvalue weighted by Gasteiger charge is -2.15. The molecule has 4 nitrogen and oxygen atoms in total. The number of nitrogens with one attached hydrogen (secondary N) is 1. The first-order valence-electron chi connectivity index (χ1n) is 5.16. The summed E-state index contributed by atoms with van der Waals surface area (Å²) < 4.78 is 13.2. The zero-order valence-corrected chi connectivity index (χ0v) is 10.4. The molecule has 2 atom stereocenters. The maximum Gasteiger partial charge on any atom is 0.0951 e. The van der Waals surface area contributed by atoms with Gasteiger partial charge in [-0.25, -0.2) is 4.98 Å². The van der Waals surface area contributed by atoms with Gasteiger partial charge in [-0.05, 0) is 13.5 Å². The van der Waals surface area contributed by atoms with Crippen molar-refractivity contribution in [2.24, 2.45) is 0 Å². The van der Waals surface area contributed by atoms with Crippen LogP contribution in [0.1, 0.15) is 25.6 Å². The Bertz CT molecular complexity index is 324. The minimum Gasteiger partial charge on any atom is -0.330 e. The second-order valence-electron chi connectivity index (χ2n) is 3.66. The molecule has 5 heteroatoms. The van der Waals surface area contributed by atoms with Crippen LogP contribution in [0.5, 0.6) is 0 Å². The van der Waals surface area contributed by atoms with Crippen molar-refractivity contribution in [2.45, 2.75) is 26.4 Å². The molecule has 86 valence electrons. The third-order valence-electron chi connectivity index (χ3n) is 2.25. The Hall–Kier alpha value is -0.680. The quantitative estimate of drug-likeness (QED) is 0.789. The van der Waals surface area contributed by atoms with Gasteiger partial charge >= 0.3 is 0 Å². The smallest absolute Gasteiger partial charge is 0.0951 e. The molecule has 0 aromatic carbocycles. The van der Waals surface area contributed by atoms with Gasteiger partial charge in [0.25, 0.3) is 0 Å². The topological polar surface area (TPSA) is 46.9 Å². The Morgan fingerprint density at radius 1 is 1.67 bits per heavy atom. The van der Waals surface area contributed by atoms with Gasteiger partial charge in [0.05, 0.1) is 12.0 Å². The highest BCUT2D eigenvalue weighted by Gasteiger charge is 2.10. The van der Waals surface area contributed by atoms with Crippen molar-refractivity contribution < 1.29 is 4.21 Å². The largest absolute Gasteiger partial charge is 0.330 e. The molecule has 0 saturated heterocycles. The molecule has 1 heterocycles. The first-order valence-corrected chi connectivity index (χ1v) is 6.89. The van der Waals surface area contributed by atoms with Crippen LogP contribution in [0.4, 0.5) is 0 Å². The van der Waals surface area contributed by atoms with E-state index in [-0.39, 0.29) is 6.04 Å². The second kappa shape index (κ2) is 6.02. The van der Waals surface area contributed by atoms with Crippen molar-refractivity contribution in [1.82, 2.24) is 14.9 Å². The minimum atomic E-state index is -0.763. The molecular formula is C10H19N3OS. The van der Waals surface area contributed by atoms with Gasteiger partial charge in [-0.1, -0.05) is 6.92 Å². The Morgan fingerprint density at radius 2 is 2.40 bits per heavy atom. The van der Waals surface area contributed by atoms with E-state index in [4.69, 9.17) is 0 Å². The summed E-state index contributed by atoms with van der Waals surface area (Å²) in [5, 5.41) is 3.26. The lowest BCUT2D eigenvalue weighted by molar-refractivity contribution is 0.556. The van der Waals surface area contributed by atoms with Crippen LogP contribution in [-0.2, 0) is 17.3 Å². The molecule has 0 radical (unpaired) electrons. The van der Waals surface area contributed by atoms with E-state index in [9.17, 15) is 4.21 Å². The van der Waals surface area contributed by atoms with E-state index in [1.807, 2.05) is 12.5 Å². The maximum atomic E-state index is 11.1. The van der Waals surface area contributed by atoms with Crippen LogP contribution in [0, 0.1) is 0 Å². The van der Waals surface area contributed by atoms with E-state index < -0.39 is 10.8 Å². The summed E-state index contributed by atoms with van der Waals surface area (Å²) in [6, 6.07) is 0.243. The summed E-state index contributed by atoms with van der Waals surface area (Å²) in [6.45, 7) is 5.90. The summed E-state index contributed by atoms with van der Waals surface area (Å²) in [5.41, 5.74) is 1.15. The second-order valence-corrected chi connectivity index (χ2v) is 5.14. The number of imidazole rings is 1. The first kappa shape index (κ1) is 12.4. The van der Waals surface area contributed by atoms with Crippen molar-refractivity contribution in [1.29, 1.82) is 0 Å². The Morgan fingerprint density at radius 3 is 3.00 bits per heavy atom. The van der Waals surface area contributed by atoms with Crippen LogP contribution < -0.4 is 5.32 Å². The standard InChI is InChI=1S/C10H19N3OS/c1-4-11-5-10-6-12-8-13(10)9(2)7-15(3)14/h6,8-9,11H,4-5,7H2,1-3H3. The zero-order valence-electron chi connectivity index (χ0n) is 9.56. The minimum absolute atomic E-state index is 0.243. The molecule has 0 aliphatic rings. The highest BCUT2D eigenvalue weighted by atomic mass is 32.2. The molecule has 1 aromatic rings. The summed E-state index contributed by atoms with van der Waals surface area (Å²) in [6.07, 6.45) is 5.40. The van der Waals surface area contributed by atoms with Crippen molar-refractivity contribution >= 4 is 10.8 Å². The molecule has 1 rings (SSSR count). The van der Waals surface area contributed by atoms with Gasteiger partial charge < -0.3 is 9.88 Å². The molecule has 1 aromatic heterocycles. The van der Waals surface area contributed by atoms with Gasteiger partial charge in [0.15, 0.2) is 0 Å². The van der Waals surface area contributed by atoms with Crippen LogP contribution in [0.3, 0.4) is 0 Å². The summed E-state index contributed by atoms with van der Waals surface area (Å²) >= 11 is 0. The van der Waals surface area contributed by atoms with Crippen molar-refractivity contribution in [3.63, 3.8) is 0 Å². The van der Waals surface area contributed by atoms with Gasteiger partial charge in [-0.3, -0.25) is 4.21 Å². The predicted octanol–water partition coefficient (Wildman–Crippen LogP) is 0.932. The zero-order chi connectivity index (χ0) is 11.3. The Balaban J connectivity index is 2.66. The van der Waals surface area contributed by atoms with Crippen LogP contribution in [0.15, 0.2) is 12.5 Å². The van der Waals surface area contributed by atoms with E-state index in [1.54, 1.807) is 6.26 Å². The highest BCUT2D eigenvalue weighted by molar-refractivity contribution is 7.84. The fraction of sp³-hybridized carbons (Fsp3) is 0.700. The lowest BCUT2D eigenvalue weighted by atomic mass is 10.3. The monoisotopic (exact) mass is 229 g/mol. The molecule has 1 N–H and O–H groups in total. The molecule has 0 aliphatic carbocycles. The first-order chi connectivity index (χ1) is 7.15. The van der Waals surface area contributed by atoms with Gasteiger partial charge in [0.1, 0.15) is 0 Å².